The summed E-state index contributed by atoms with van der Waals surface area (Å²) in [6.45, 7) is 9.55. The van der Waals surface area contributed by atoms with Crippen LogP contribution in [0.3, 0.4) is 0 Å². The van der Waals surface area contributed by atoms with E-state index in [1.54, 1.807) is 0 Å². The summed E-state index contributed by atoms with van der Waals surface area (Å²) in [5.41, 5.74) is 18.7. The molecular formula is C48H45N. The molecule has 0 bridgehead atoms. The number of hydrogen-bond acceptors (Lipinski definition) is 1. The molecule has 9 rings (SSSR count). The van der Waals surface area contributed by atoms with Gasteiger partial charge in [0.15, 0.2) is 0 Å². The highest BCUT2D eigenvalue weighted by Crippen LogP contribution is 2.55. The van der Waals surface area contributed by atoms with Gasteiger partial charge >= 0.3 is 0 Å². The van der Waals surface area contributed by atoms with Crippen LogP contribution in [0.15, 0.2) is 133 Å². The molecular weight excluding hydrogens is 591 g/mol. The zero-order valence-corrected chi connectivity index (χ0v) is 29.3. The van der Waals surface area contributed by atoms with Crippen LogP contribution in [0.1, 0.15) is 93.5 Å². The first-order chi connectivity index (χ1) is 23.8. The van der Waals surface area contributed by atoms with E-state index in [1.165, 1.54) is 110 Å². The minimum absolute atomic E-state index is 0.0263. The predicted molar refractivity (Wildman–Crippen MR) is 208 cm³/mol. The summed E-state index contributed by atoms with van der Waals surface area (Å²) in [7, 11) is 0. The molecule has 0 aliphatic heterocycles. The zero-order chi connectivity index (χ0) is 33.3. The molecule has 242 valence electrons. The van der Waals surface area contributed by atoms with Crippen molar-refractivity contribution >= 4 is 17.1 Å². The van der Waals surface area contributed by atoms with Gasteiger partial charge < -0.3 is 4.90 Å². The van der Waals surface area contributed by atoms with E-state index in [1.807, 2.05) is 0 Å². The van der Waals surface area contributed by atoms with Gasteiger partial charge in [0, 0.05) is 27.9 Å². The Balaban J connectivity index is 1.14. The average Bonchev–Trinajstić information content (AvgIpc) is 3.52. The number of fused-ring (bicyclic) bond motifs is 6. The van der Waals surface area contributed by atoms with E-state index >= 15 is 0 Å². The SMILES string of the molecule is CC1(C)c2ccccc2-c2ccc(-c3cccc4c3-c3ccc(N(c5ccccc5)c5ccc(C6CCCCC6)cc5)cc3C4(C)C)cc21. The molecule has 1 fully saturated rings. The van der Waals surface area contributed by atoms with Crippen molar-refractivity contribution in [1.29, 1.82) is 0 Å². The number of rotatable bonds is 5. The second-order valence-corrected chi connectivity index (χ2v) is 15.6. The van der Waals surface area contributed by atoms with Crippen LogP contribution in [-0.2, 0) is 10.8 Å². The Labute approximate surface area is 292 Å². The van der Waals surface area contributed by atoms with E-state index in [-0.39, 0.29) is 10.8 Å². The van der Waals surface area contributed by atoms with E-state index in [0.29, 0.717) is 5.92 Å². The largest absolute Gasteiger partial charge is 0.310 e. The zero-order valence-electron chi connectivity index (χ0n) is 29.3. The fraction of sp³-hybridized carbons (Fsp3) is 0.250. The van der Waals surface area contributed by atoms with Crippen LogP contribution in [0.2, 0.25) is 0 Å². The summed E-state index contributed by atoms with van der Waals surface area (Å²) < 4.78 is 0. The van der Waals surface area contributed by atoms with Crippen LogP contribution in [-0.4, -0.2) is 0 Å². The number of anilines is 3. The normalized spacial score (nSPS) is 16.8. The van der Waals surface area contributed by atoms with Gasteiger partial charge in [0.25, 0.3) is 0 Å². The lowest BCUT2D eigenvalue weighted by Gasteiger charge is -2.29. The lowest BCUT2D eigenvalue weighted by Crippen LogP contribution is -2.16. The topological polar surface area (TPSA) is 3.24 Å². The molecule has 0 spiro atoms. The van der Waals surface area contributed by atoms with Crippen molar-refractivity contribution in [3.05, 3.63) is 161 Å². The van der Waals surface area contributed by atoms with E-state index < -0.39 is 0 Å². The molecule has 49 heavy (non-hydrogen) atoms. The summed E-state index contributed by atoms with van der Waals surface area (Å²) in [4.78, 5) is 2.44. The van der Waals surface area contributed by atoms with Gasteiger partial charge in [-0.05, 0) is 122 Å². The first-order valence-corrected chi connectivity index (χ1v) is 18.3. The molecule has 0 atom stereocenters. The second-order valence-electron chi connectivity index (χ2n) is 15.6. The maximum absolute atomic E-state index is 2.47. The Morgan fingerprint density at radius 3 is 1.84 bits per heavy atom. The molecule has 6 aromatic rings. The van der Waals surface area contributed by atoms with E-state index in [0.717, 1.165) is 0 Å². The van der Waals surface area contributed by atoms with Gasteiger partial charge in [-0.3, -0.25) is 0 Å². The molecule has 0 aromatic heterocycles. The average molecular weight is 636 g/mol. The molecule has 0 N–H and O–H groups in total. The van der Waals surface area contributed by atoms with E-state index in [9.17, 15) is 0 Å². The summed E-state index contributed by atoms with van der Waals surface area (Å²) in [6.07, 6.45) is 6.74. The third kappa shape index (κ3) is 4.73. The van der Waals surface area contributed by atoms with Gasteiger partial charge in [0.2, 0.25) is 0 Å². The van der Waals surface area contributed by atoms with Gasteiger partial charge in [0.1, 0.15) is 0 Å². The smallest absolute Gasteiger partial charge is 0.0465 e. The molecule has 3 aliphatic carbocycles. The van der Waals surface area contributed by atoms with Gasteiger partial charge in [-0.25, -0.2) is 0 Å². The van der Waals surface area contributed by atoms with Crippen LogP contribution in [0.4, 0.5) is 17.1 Å². The van der Waals surface area contributed by atoms with Gasteiger partial charge in [0.05, 0.1) is 0 Å². The van der Waals surface area contributed by atoms with Crippen molar-refractivity contribution in [2.24, 2.45) is 0 Å². The minimum atomic E-state index is -0.129. The fourth-order valence-electron chi connectivity index (χ4n) is 9.38. The summed E-state index contributed by atoms with van der Waals surface area (Å²) in [5.74, 6) is 0.702. The Kier molecular flexibility index (Phi) is 6.99. The maximum atomic E-state index is 2.47. The Bertz CT molecular complexity index is 2200. The molecule has 1 heteroatoms. The van der Waals surface area contributed by atoms with Gasteiger partial charge in [-0.2, -0.15) is 0 Å². The molecule has 0 heterocycles. The molecule has 0 amide bonds. The quantitative estimate of drug-likeness (QED) is 0.182. The minimum Gasteiger partial charge on any atom is -0.310 e. The van der Waals surface area contributed by atoms with Crippen molar-refractivity contribution in [3.8, 4) is 33.4 Å². The van der Waals surface area contributed by atoms with Crippen LogP contribution in [0.5, 0.6) is 0 Å². The number of nitrogens with zero attached hydrogens (tertiary/aromatic N) is 1. The van der Waals surface area contributed by atoms with Gasteiger partial charge in [-0.15, -0.1) is 0 Å². The van der Waals surface area contributed by atoms with Crippen LogP contribution in [0.25, 0.3) is 33.4 Å². The molecule has 1 saturated carbocycles. The van der Waals surface area contributed by atoms with Crippen molar-refractivity contribution in [2.45, 2.75) is 76.5 Å². The molecule has 0 radical (unpaired) electrons. The van der Waals surface area contributed by atoms with Crippen molar-refractivity contribution in [1.82, 2.24) is 0 Å². The third-order valence-electron chi connectivity index (χ3n) is 12.1. The van der Waals surface area contributed by atoms with Crippen LogP contribution in [0, 0.1) is 0 Å². The standard InChI is InChI=1S/C48H45N/c1-47(2)42-20-12-11-18-39(42)40-28-24-34(30-44(40)47)38-19-13-21-43-46(38)41-29-27-37(31-45(41)48(43,3)4)49(35-16-9-6-10-17-35)36-25-22-33(23-26-36)32-14-7-5-8-15-32/h6,9-13,16-32H,5,7-8,14-15H2,1-4H3. The highest BCUT2D eigenvalue weighted by Gasteiger charge is 2.39. The summed E-state index contributed by atoms with van der Waals surface area (Å²) in [6, 6.07) is 50.6. The first kappa shape index (κ1) is 30.2. The molecule has 0 unspecified atom stereocenters. The highest BCUT2D eigenvalue weighted by atomic mass is 15.1. The second kappa shape index (κ2) is 11.3. The molecule has 6 aromatic carbocycles. The fourth-order valence-corrected chi connectivity index (χ4v) is 9.38. The van der Waals surface area contributed by atoms with Crippen LogP contribution >= 0.6 is 0 Å². The summed E-state index contributed by atoms with van der Waals surface area (Å²) >= 11 is 0. The molecule has 3 aliphatic rings. The van der Waals surface area contributed by atoms with Crippen molar-refractivity contribution in [2.75, 3.05) is 4.90 Å². The van der Waals surface area contributed by atoms with Crippen molar-refractivity contribution in [3.63, 3.8) is 0 Å². The number of hydrogen-bond donors (Lipinski definition) is 0. The monoisotopic (exact) mass is 635 g/mol. The van der Waals surface area contributed by atoms with Crippen molar-refractivity contribution < 1.29 is 0 Å². The number of benzene rings is 6. The van der Waals surface area contributed by atoms with E-state index in [4.69, 9.17) is 0 Å². The van der Waals surface area contributed by atoms with E-state index in [2.05, 4.69) is 166 Å². The maximum Gasteiger partial charge on any atom is 0.0465 e. The predicted octanol–water partition coefficient (Wildman–Crippen LogP) is 13.5. The Hall–Kier alpha value is -4.88. The molecule has 1 nitrogen and oxygen atoms in total. The third-order valence-corrected chi connectivity index (χ3v) is 12.1. The first-order valence-electron chi connectivity index (χ1n) is 18.3. The lowest BCUT2D eigenvalue weighted by atomic mass is 9.80. The Morgan fingerprint density at radius 1 is 0.449 bits per heavy atom. The lowest BCUT2D eigenvalue weighted by molar-refractivity contribution is 0.443. The molecule has 0 saturated heterocycles. The Morgan fingerprint density at radius 2 is 1.04 bits per heavy atom. The summed E-state index contributed by atoms with van der Waals surface area (Å²) in [5, 5.41) is 0. The van der Waals surface area contributed by atoms with Crippen LogP contribution < -0.4 is 4.90 Å². The van der Waals surface area contributed by atoms with Gasteiger partial charge in [-0.1, -0.05) is 138 Å². The highest BCUT2D eigenvalue weighted by molar-refractivity contribution is 5.95. The number of para-hydroxylation sites is 1.